The Balaban J connectivity index is 1.40. The minimum atomic E-state index is -0.535. The van der Waals surface area contributed by atoms with Gasteiger partial charge in [-0.1, -0.05) is 25.3 Å². The Morgan fingerprint density at radius 1 is 1.23 bits per heavy atom. The van der Waals surface area contributed by atoms with Crippen LogP contribution in [-0.2, 0) is 9.53 Å². The molecule has 1 aromatic carbocycles. The van der Waals surface area contributed by atoms with Gasteiger partial charge < -0.3 is 29.2 Å². The van der Waals surface area contributed by atoms with Crippen LogP contribution in [-0.4, -0.2) is 54.3 Å². The second-order valence-electron chi connectivity index (χ2n) is 8.70. The highest BCUT2D eigenvalue weighted by Crippen LogP contribution is 2.47. The number of esters is 1. The zero-order chi connectivity index (χ0) is 21.1. The Morgan fingerprint density at radius 3 is 2.80 bits per heavy atom. The molecule has 2 saturated carbocycles. The molecule has 2 N–H and O–H groups in total. The van der Waals surface area contributed by atoms with Crippen LogP contribution < -0.4 is 14.2 Å². The summed E-state index contributed by atoms with van der Waals surface area (Å²) in [6, 6.07) is 5.30. The predicted molar refractivity (Wildman–Crippen MR) is 109 cm³/mol. The Bertz CT molecular complexity index is 730. The monoisotopic (exact) mass is 420 g/mol. The lowest BCUT2D eigenvalue weighted by atomic mass is 9.82. The second-order valence-corrected chi connectivity index (χ2v) is 8.70. The fraction of sp³-hybridized carbons (Fsp3) is 0.696. The fourth-order valence-electron chi connectivity index (χ4n) is 5.11. The van der Waals surface area contributed by atoms with E-state index in [1.54, 1.807) is 18.2 Å². The molecule has 30 heavy (non-hydrogen) atoms. The molecule has 7 nitrogen and oxygen atoms in total. The number of fused-ring (bicyclic) bond motifs is 2. The van der Waals surface area contributed by atoms with Crippen molar-refractivity contribution in [1.29, 1.82) is 0 Å². The van der Waals surface area contributed by atoms with Gasteiger partial charge in [0.15, 0.2) is 18.1 Å². The van der Waals surface area contributed by atoms with E-state index in [0.29, 0.717) is 42.4 Å². The number of hydrogen-bond donors (Lipinski definition) is 2. The summed E-state index contributed by atoms with van der Waals surface area (Å²) in [5.74, 6) is 1.24. The zero-order valence-electron chi connectivity index (χ0n) is 17.5. The lowest BCUT2D eigenvalue weighted by Gasteiger charge is -2.34. The minimum absolute atomic E-state index is 0.0824. The molecule has 5 atom stereocenters. The molecule has 4 rings (SSSR count). The maximum absolute atomic E-state index is 11.4. The number of rotatable bonds is 7. The van der Waals surface area contributed by atoms with E-state index < -0.39 is 12.1 Å². The molecule has 0 spiro atoms. The third kappa shape index (κ3) is 4.52. The van der Waals surface area contributed by atoms with Crippen LogP contribution in [0.15, 0.2) is 18.2 Å². The zero-order valence-corrected chi connectivity index (χ0v) is 17.5. The number of benzene rings is 1. The van der Waals surface area contributed by atoms with Crippen LogP contribution in [0.2, 0.25) is 0 Å². The van der Waals surface area contributed by atoms with Gasteiger partial charge in [0.25, 0.3) is 0 Å². The molecule has 2 fully saturated rings. The first kappa shape index (κ1) is 21.2. The van der Waals surface area contributed by atoms with Crippen LogP contribution in [0.1, 0.15) is 51.4 Å². The van der Waals surface area contributed by atoms with Gasteiger partial charge in [-0.2, -0.15) is 0 Å². The summed E-state index contributed by atoms with van der Waals surface area (Å²) < 4.78 is 22.5. The molecule has 0 bridgehead atoms. The molecule has 0 saturated heterocycles. The number of aliphatic hydroxyl groups excluding tert-OH is 2. The summed E-state index contributed by atoms with van der Waals surface area (Å²) in [4.78, 5) is 11.4. The normalized spacial score (nSPS) is 29.2. The molecule has 5 unspecified atom stereocenters. The van der Waals surface area contributed by atoms with Crippen molar-refractivity contribution in [3.8, 4) is 17.2 Å². The van der Waals surface area contributed by atoms with Gasteiger partial charge in [0.2, 0.25) is 5.75 Å². The molecule has 3 aliphatic rings. The summed E-state index contributed by atoms with van der Waals surface area (Å²) in [6.45, 7) is -0.214. The summed E-state index contributed by atoms with van der Waals surface area (Å²) in [5.41, 5.74) is 0. The quantitative estimate of drug-likeness (QED) is 0.655. The number of methoxy groups -OCH3 is 1. The predicted octanol–water partition coefficient (Wildman–Crippen LogP) is 2.85. The van der Waals surface area contributed by atoms with Crippen LogP contribution >= 0.6 is 0 Å². The van der Waals surface area contributed by atoms with E-state index in [4.69, 9.17) is 14.2 Å². The smallest absolute Gasteiger partial charge is 0.343 e. The topological polar surface area (TPSA) is 94.5 Å². The van der Waals surface area contributed by atoms with Gasteiger partial charge in [0.05, 0.1) is 19.3 Å². The summed E-state index contributed by atoms with van der Waals surface area (Å²) in [6.07, 6.45) is 6.32. The number of para-hydroxylation sites is 1. The van der Waals surface area contributed by atoms with Crippen molar-refractivity contribution in [2.24, 2.45) is 11.8 Å². The van der Waals surface area contributed by atoms with Gasteiger partial charge >= 0.3 is 5.97 Å². The van der Waals surface area contributed by atoms with Crippen molar-refractivity contribution < 1.29 is 34.0 Å². The van der Waals surface area contributed by atoms with Crippen molar-refractivity contribution in [1.82, 2.24) is 0 Å². The van der Waals surface area contributed by atoms with E-state index in [0.717, 1.165) is 12.8 Å². The number of carbonyl (C=O) groups excluding carboxylic acids is 1. The van der Waals surface area contributed by atoms with Crippen molar-refractivity contribution in [3.05, 3.63) is 18.2 Å². The summed E-state index contributed by atoms with van der Waals surface area (Å²) in [7, 11) is 1.31. The SMILES string of the molecule is COC(=O)COc1cccc2c1OC1CC(O)C(CCC(O)C3CCCCC3)C1O2. The number of hydrogen-bond acceptors (Lipinski definition) is 7. The van der Waals surface area contributed by atoms with E-state index in [1.807, 2.05) is 0 Å². The van der Waals surface area contributed by atoms with Crippen molar-refractivity contribution >= 4 is 5.97 Å². The van der Waals surface area contributed by atoms with Gasteiger partial charge in [-0.25, -0.2) is 4.79 Å². The molecule has 0 radical (unpaired) electrons. The highest BCUT2D eigenvalue weighted by Gasteiger charge is 2.48. The Morgan fingerprint density at radius 2 is 2.03 bits per heavy atom. The second kappa shape index (κ2) is 9.43. The highest BCUT2D eigenvalue weighted by atomic mass is 16.6. The Kier molecular flexibility index (Phi) is 6.68. The van der Waals surface area contributed by atoms with Crippen LogP contribution in [0.4, 0.5) is 0 Å². The average Bonchev–Trinajstić information content (AvgIpc) is 3.08. The third-order valence-electron chi connectivity index (χ3n) is 6.79. The molecule has 2 aliphatic carbocycles. The van der Waals surface area contributed by atoms with Crippen LogP contribution in [0, 0.1) is 11.8 Å². The van der Waals surface area contributed by atoms with Crippen molar-refractivity contribution in [3.63, 3.8) is 0 Å². The number of ether oxygens (including phenoxy) is 4. The van der Waals surface area contributed by atoms with Crippen molar-refractivity contribution in [2.75, 3.05) is 13.7 Å². The maximum atomic E-state index is 11.4. The van der Waals surface area contributed by atoms with Gasteiger partial charge in [-0.05, 0) is 43.7 Å². The van der Waals surface area contributed by atoms with Gasteiger partial charge in [-0.3, -0.25) is 0 Å². The molecule has 1 aliphatic heterocycles. The fourth-order valence-corrected chi connectivity index (χ4v) is 5.11. The summed E-state index contributed by atoms with van der Waals surface area (Å²) >= 11 is 0. The molecule has 166 valence electrons. The van der Waals surface area contributed by atoms with Crippen LogP contribution in [0.5, 0.6) is 17.2 Å². The molecule has 7 heteroatoms. The Hall–Kier alpha value is -1.99. The van der Waals surface area contributed by atoms with Crippen molar-refractivity contribution in [2.45, 2.75) is 75.8 Å². The van der Waals surface area contributed by atoms with E-state index in [-0.39, 0.29) is 30.8 Å². The molecular weight excluding hydrogens is 388 g/mol. The lowest BCUT2D eigenvalue weighted by molar-refractivity contribution is -0.143. The van der Waals surface area contributed by atoms with E-state index in [2.05, 4.69) is 4.74 Å². The first-order valence-corrected chi connectivity index (χ1v) is 11.1. The average molecular weight is 421 g/mol. The standard InChI is InChI=1S/C23H32O7/c1-27-21(26)13-28-18-8-5-9-19-23(18)30-20-12-17(25)15(22(20)29-19)10-11-16(24)14-6-3-2-4-7-14/h5,8-9,14-17,20,22,24-25H,2-4,6-7,10-13H2,1H3. The van der Waals surface area contributed by atoms with Crippen LogP contribution in [0.25, 0.3) is 0 Å². The Labute approximate surface area is 177 Å². The van der Waals surface area contributed by atoms with Crippen LogP contribution in [0.3, 0.4) is 0 Å². The molecule has 0 amide bonds. The van der Waals surface area contributed by atoms with E-state index >= 15 is 0 Å². The highest BCUT2D eigenvalue weighted by molar-refractivity contribution is 5.71. The molecule has 1 aromatic rings. The first-order chi connectivity index (χ1) is 14.6. The molecule has 0 aromatic heterocycles. The number of carbonyl (C=O) groups is 1. The van der Waals surface area contributed by atoms with Gasteiger partial charge in [-0.15, -0.1) is 0 Å². The minimum Gasteiger partial charge on any atom is -0.482 e. The largest absolute Gasteiger partial charge is 0.482 e. The van der Waals surface area contributed by atoms with E-state index in [1.165, 1.54) is 26.4 Å². The molecule has 1 heterocycles. The first-order valence-electron chi connectivity index (χ1n) is 11.1. The third-order valence-corrected chi connectivity index (χ3v) is 6.79. The van der Waals surface area contributed by atoms with E-state index in [9.17, 15) is 15.0 Å². The van der Waals surface area contributed by atoms with Gasteiger partial charge in [0.1, 0.15) is 12.2 Å². The number of aliphatic hydroxyl groups is 2. The molecular formula is C23H32O7. The maximum Gasteiger partial charge on any atom is 0.343 e. The lowest BCUT2D eigenvalue weighted by Crippen LogP contribution is -2.40. The van der Waals surface area contributed by atoms with Gasteiger partial charge in [0, 0.05) is 12.3 Å². The summed E-state index contributed by atoms with van der Waals surface area (Å²) in [5, 5.41) is 21.3.